The number of rotatable bonds is 7. The topological polar surface area (TPSA) is 39.1 Å². The molecule has 4 heteroatoms. The fourth-order valence-corrected chi connectivity index (χ4v) is 2.20. The van der Waals surface area contributed by atoms with Crippen LogP contribution in [0.1, 0.15) is 30.8 Å². The Morgan fingerprint density at radius 3 is 2.76 bits per heavy atom. The second-order valence-corrected chi connectivity index (χ2v) is 5.66. The van der Waals surface area contributed by atoms with Gasteiger partial charge in [0.1, 0.15) is 18.2 Å². The highest BCUT2D eigenvalue weighted by Gasteiger charge is 2.05. The maximum absolute atomic E-state index is 5.96. The predicted molar refractivity (Wildman–Crippen MR) is 85.6 cm³/mol. The van der Waals surface area contributed by atoms with Crippen molar-refractivity contribution in [3.05, 3.63) is 47.5 Å². The van der Waals surface area contributed by atoms with Crippen LogP contribution in [0.15, 0.2) is 30.6 Å². The SMILES string of the molecule is Cc1ccc(OCCn2ccnc2C)c(CNC(C)C)c1. The molecule has 0 saturated carbocycles. The van der Waals surface area contributed by atoms with E-state index in [4.69, 9.17) is 4.74 Å². The van der Waals surface area contributed by atoms with Gasteiger partial charge in [-0.2, -0.15) is 0 Å². The second-order valence-electron chi connectivity index (χ2n) is 5.66. The minimum Gasteiger partial charge on any atom is -0.491 e. The molecule has 4 nitrogen and oxygen atoms in total. The summed E-state index contributed by atoms with van der Waals surface area (Å²) in [4.78, 5) is 4.22. The van der Waals surface area contributed by atoms with E-state index in [-0.39, 0.29) is 0 Å². The van der Waals surface area contributed by atoms with Gasteiger partial charge in [0.2, 0.25) is 0 Å². The van der Waals surface area contributed by atoms with Gasteiger partial charge in [-0.3, -0.25) is 0 Å². The second kappa shape index (κ2) is 7.27. The summed E-state index contributed by atoms with van der Waals surface area (Å²) in [7, 11) is 0. The predicted octanol–water partition coefficient (Wildman–Crippen LogP) is 3.08. The highest BCUT2D eigenvalue weighted by Crippen LogP contribution is 2.20. The number of nitrogens with one attached hydrogen (secondary N) is 1. The molecule has 0 radical (unpaired) electrons. The molecule has 0 fully saturated rings. The largest absolute Gasteiger partial charge is 0.491 e. The van der Waals surface area contributed by atoms with Gasteiger partial charge in [-0.15, -0.1) is 0 Å². The maximum atomic E-state index is 5.96. The molecule has 114 valence electrons. The van der Waals surface area contributed by atoms with E-state index < -0.39 is 0 Å². The first kappa shape index (κ1) is 15.6. The van der Waals surface area contributed by atoms with E-state index in [1.54, 1.807) is 0 Å². The number of ether oxygens (including phenoxy) is 1. The molecule has 1 aromatic carbocycles. The third kappa shape index (κ3) is 4.60. The molecule has 0 spiro atoms. The van der Waals surface area contributed by atoms with Crippen LogP contribution in [0.4, 0.5) is 0 Å². The van der Waals surface area contributed by atoms with Crippen molar-refractivity contribution in [2.45, 2.75) is 46.8 Å². The zero-order chi connectivity index (χ0) is 15.2. The van der Waals surface area contributed by atoms with Gasteiger partial charge in [-0.05, 0) is 19.9 Å². The van der Waals surface area contributed by atoms with Gasteiger partial charge in [-0.1, -0.05) is 31.5 Å². The van der Waals surface area contributed by atoms with E-state index in [0.717, 1.165) is 24.7 Å². The van der Waals surface area contributed by atoms with Gasteiger partial charge < -0.3 is 14.6 Å². The van der Waals surface area contributed by atoms with E-state index in [1.165, 1.54) is 11.1 Å². The Balaban J connectivity index is 1.96. The average Bonchev–Trinajstić information content (AvgIpc) is 2.84. The lowest BCUT2D eigenvalue weighted by Gasteiger charge is -2.15. The summed E-state index contributed by atoms with van der Waals surface area (Å²) in [6.07, 6.45) is 3.80. The van der Waals surface area contributed by atoms with Gasteiger partial charge in [0.25, 0.3) is 0 Å². The molecule has 0 aliphatic rings. The fraction of sp³-hybridized carbons (Fsp3) is 0.471. The lowest BCUT2D eigenvalue weighted by atomic mass is 10.1. The number of hydrogen-bond acceptors (Lipinski definition) is 3. The average molecular weight is 287 g/mol. The summed E-state index contributed by atoms with van der Waals surface area (Å²) in [5, 5.41) is 3.45. The molecule has 1 aromatic heterocycles. The van der Waals surface area contributed by atoms with Crippen LogP contribution in [-0.2, 0) is 13.1 Å². The molecule has 0 bridgehead atoms. The van der Waals surface area contributed by atoms with E-state index in [2.05, 4.69) is 53.8 Å². The van der Waals surface area contributed by atoms with Gasteiger partial charge in [0.05, 0.1) is 6.54 Å². The Hall–Kier alpha value is -1.81. The molecule has 0 saturated heterocycles. The van der Waals surface area contributed by atoms with Gasteiger partial charge in [0, 0.05) is 30.5 Å². The minimum absolute atomic E-state index is 0.465. The molecular formula is C17H25N3O. The van der Waals surface area contributed by atoms with Crippen LogP contribution < -0.4 is 10.1 Å². The maximum Gasteiger partial charge on any atom is 0.123 e. The first-order valence-electron chi connectivity index (χ1n) is 7.49. The van der Waals surface area contributed by atoms with E-state index >= 15 is 0 Å². The molecule has 0 amide bonds. The number of benzene rings is 1. The zero-order valence-corrected chi connectivity index (χ0v) is 13.4. The monoisotopic (exact) mass is 287 g/mol. The normalized spacial score (nSPS) is 11.1. The molecule has 0 aliphatic carbocycles. The quantitative estimate of drug-likeness (QED) is 0.850. The van der Waals surface area contributed by atoms with Crippen molar-refractivity contribution in [3.63, 3.8) is 0 Å². The number of hydrogen-bond donors (Lipinski definition) is 1. The smallest absolute Gasteiger partial charge is 0.123 e. The molecule has 2 rings (SSSR count). The summed E-state index contributed by atoms with van der Waals surface area (Å²) < 4.78 is 8.06. The Labute approximate surface area is 127 Å². The standard InChI is InChI=1S/C17H25N3O/c1-13(2)19-12-16-11-14(3)5-6-17(16)21-10-9-20-8-7-18-15(20)4/h5-8,11,13,19H,9-10,12H2,1-4H3. The molecule has 1 heterocycles. The van der Waals surface area contributed by atoms with E-state index in [1.807, 2.05) is 19.3 Å². The van der Waals surface area contributed by atoms with Crippen molar-refractivity contribution >= 4 is 0 Å². The van der Waals surface area contributed by atoms with Crippen LogP contribution in [0.2, 0.25) is 0 Å². The Morgan fingerprint density at radius 1 is 1.29 bits per heavy atom. The van der Waals surface area contributed by atoms with Crippen molar-refractivity contribution in [2.75, 3.05) is 6.61 Å². The third-order valence-corrected chi connectivity index (χ3v) is 3.43. The van der Waals surface area contributed by atoms with Crippen molar-refractivity contribution in [1.29, 1.82) is 0 Å². The van der Waals surface area contributed by atoms with Gasteiger partial charge >= 0.3 is 0 Å². The first-order chi connectivity index (χ1) is 10.1. The van der Waals surface area contributed by atoms with Crippen molar-refractivity contribution in [1.82, 2.24) is 14.9 Å². The molecule has 0 aliphatic heterocycles. The summed E-state index contributed by atoms with van der Waals surface area (Å²) in [6.45, 7) is 10.7. The molecule has 0 unspecified atom stereocenters. The van der Waals surface area contributed by atoms with Crippen LogP contribution in [-0.4, -0.2) is 22.2 Å². The van der Waals surface area contributed by atoms with Gasteiger partial charge in [-0.25, -0.2) is 4.98 Å². The van der Waals surface area contributed by atoms with Crippen LogP contribution in [0.25, 0.3) is 0 Å². The minimum atomic E-state index is 0.465. The van der Waals surface area contributed by atoms with E-state index in [9.17, 15) is 0 Å². The number of nitrogens with zero attached hydrogens (tertiary/aromatic N) is 2. The summed E-state index contributed by atoms with van der Waals surface area (Å²) >= 11 is 0. The third-order valence-electron chi connectivity index (χ3n) is 3.43. The van der Waals surface area contributed by atoms with Crippen LogP contribution in [0, 0.1) is 13.8 Å². The number of aryl methyl sites for hydroxylation is 2. The van der Waals surface area contributed by atoms with Gasteiger partial charge in [0.15, 0.2) is 0 Å². The molecule has 21 heavy (non-hydrogen) atoms. The highest BCUT2D eigenvalue weighted by atomic mass is 16.5. The Bertz CT molecular complexity index is 575. The van der Waals surface area contributed by atoms with E-state index in [0.29, 0.717) is 12.6 Å². The van der Waals surface area contributed by atoms with Crippen LogP contribution in [0.5, 0.6) is 5.75 Å². The van der Waals surface area contributed by atoms with Crippen molar-refractivity contribution in [2.24, 2.45) is 0 Å². The number of imidazole rings is 1. The summed E-state index contributed by atoms with van der Waals surface area (Å²) in [6, 6.07) is 6.81. The van der Waals surface area contributed by atoms with Crippen molar-refractivity contribution in [3.8, 4) is 5.75 Å². The zero-order valence-electron chi connectivity index (χ0n) is 13.4. The highest BCUT2D eigenvalue weighted by molar-refractivity contribution is 5.36. The van der Waals surface area contributed by atoms with Crippen molar-refractivity contribution < 1.29 is 4.74 Å². The molecule has 2 aromatic rings. The summed E-state index contributed by atoms with van der Waals surface area (Å²) in [5.74, 6) is 1.98. The lowest BCUT2D eigenvalue weighted by Crippen LogP contribution is -2.22. The molecular weight excluding hydrogens is 262 g/mol. The summed E-state index contributed by atoms with van der Waals surface area (Å²) in [5.41, 5.74) is 2.47. The Morgan fingerprint density at radius 2 is 2.10 bits per heavy atom. The molecule has 1 N–H and O–H groups in total. The van der Waals surface area contributed by atoms with Crippen LogP contribution in [0.3, 0.4) is 0 Å². The van der Waals surface area contributed by atoms with Crippen LogP contribution >= 0.6 is 0 Å². The lowest BCUT2D eigenvalue weighted by molar-refractivity contribution is 0.293. The fourth-order valence-electron chi connectivity index (χ4n) is 2.20. The Kier molecular flexibility index (Phi) is 5.39. The molecule has 0 atom stereocenters. The number of aromatic nitrogens is 2. The first-order valence-corrected chi connectivity index (χ1v) is 7.49.